The van der Waals surface area contributed by atoms with Gasteiger partial charge in [0.2, 0.25) is 0 Å². The van der Waals surface area contributed by atoms with E-state index in [0.29, 0.717) is 18.0 Å². The van der Waals surface area contributed by atoms with Crippen molar-refractivity contribution in [1.82, 2.24) is 9.55 Å². The van der Waals surface area contributed by atoms with Crippen LogP contribution < -0.4 is 19.5 Å². The van der Waals surface area contributed by atoms with Crippen molar-refractivity contribution in [2.45, 2.75) is 32.1 Å². The average molecular weight is 399 g/mol. The first kappa shape index (κ1) is 16.9. The topological polar surface area (TPSA) is 57.5 Å². The molecule has 1 saturated carbocycles. The highest BCUT2D eigenvalue weighted by atomic mass is 19.3. The van der Waals surface area contributed by atoms with Crippen molar-refractivity contribution < 1.29 is 23.0 Å². The molecule has 29 heavy (non-hydrogen) atoms. The maximum atomic E-state index is 13.4. The summed E-state index contributed by atoms with van der Waals surface area (Å²) < 4.78 is 44.0. The fourth-order valence-electron chi connectivity index (χ4n) is 3.96. The zero-order chi connectivity index (χ0) is 19.6. The molecule has 8 heteroatoms. The van der Waals surface area contributed by atoms with Gasteiger partial charge in [-0.2, -0.15) is 0 Å². The van der Waals surface area contributed by atoms with Gasteiger partial charge >= 0.3 is 6.29 Å². The maximum Gasteiger partial charge on any atom is 0.586 e. The Morgan fingerprint density at radius 3 is 2.83 bits per heavy atom. The van der Waals surface area contributed by atoms with Gasteiger partial charge in [0.15, 0.2) is 11.5 Å². The van der Waals surface area contributed by atoms with Crippen molar-refractivity contribution in [2.24, 2.45) is 5.92 Å². The zero-order valence-corrected chi connectivity index (χ0v) is 15.6. The summed E-state index contributed by atoms with van der Waals surface area (Å²) >= 11 is 0. The summed E-state index contributed by atoms with van der Waals surface area (Å²) in [5, 5.41) is 3.48. The number of fused-ring (bicyclic) bond motifs is 1. The van der Waals surface area contributed by atoms with Crippen LogP contribution in [0, 0.1) is 5.92 Å². The van der Waals surface area contributed by atoms with Crippen molar-refractivity contribution in [3.05, 3.63) is 30.3 Å². The minimum absolute atomic E-state index is 0.0178. The van der Waals surface area contributed by atoms with Crippen LogP contribution in [0.3, 0.4) is 0 Å². The number of hydrogen-bond donors (Lipinski definition) is 1. The third-order valence-corrected chi connectivity index (χ3v) is 5.54. The van der Waals surface area contributed by atoms with E-state index in [4.69, 9.17) is 9.72 Å². The summed E-state index contributed by atoms with van der Waals surface area (Å²) in [7, 11) is 0. The molecule has 0 bridgehead atoms. The predicted octanol–water partition coefficient (Wildman–Crippen LogP) is 4.63. The van der Waals surface area contributed by atoms with Crippen LogP contribution in [0.1, 0.15) is 19.3 Å². The van der Waals surface area contributed by atoms with Crippen LogP contribution in [0.25, 0.3) is 22.4 Å². The van der Waals surface area contributed by atoms with Gasteiger partial charge < -0.3 is 24.1 Å². The van der Waals surface area contributed by atoms with E-state index in [-0.39, 0.29) is 11.5 Å². The van der Waals surface area contributed by atoms with Crippen molar-refractivity contribution in [3.63, 3.8) is 0 Å². The highest BCUT2D eigenvalue weighted by molar-refractivity contribution is 5.89. The Balaban J connectivity index is 1.45. The summed E-state index contributed by atoms with van der Waals surface area (Å²) in [4.78, 5) is 4.82. The first-order valence-electron chi connectivity index (χ1n) is 9.87. The van der Waals surface area contributed by atoms with Crippen molar-refractivity contribution in [3.8, 4) is 28.6 Å². The molecule has 3 heterocycles. The SMILES string of the molecule is FC1(F)Oc2ccc(-c3nc4cc(NCC5CC5)cc5c4n3CCCO5)cc2O1. The van der Waals surface area contributed by atoms with Crippen molar-refractivity contribution >= 4 is 16.7 Å². The van der Waals surface area contributed by atoms with E-state index in [1.165, 1.54) is 18.9 Å². The number of halogens is 2. The van der Waals surface area contributed by atoms with Crippen LogP contribution >= 0.6 is 0 Å². The second kappa shape index (κ2) is 5.98. The third kappa shape index (κ3) is 2.94. The fraction of sp³-hybridized carbons (Fsp3) is 0.381. The van der Waals surface area contributed by atoms with Crippen LogP contribution in [-0.2, 0) is 6.54 Å². The van der Waals surface area contributed by atoms with Crippen LogP contribution in [0.4, 0.5) is 14.5 Å². The number of rotatable bonds is 4. The molecule has 0 atom stereocenters. The zero-order valence-electron chi connectivity index (χ0n) is 15.6. The molecule has 6 rings (SSSR count). The number of nitrogens with one attached hydrogen (secondary N) is 1. The first-order valence-corrected chi connectivity index (χ1v) is 9.87. The van der Waals surface area contributed by atoms with Gasteiger partial charge in [0, 0.05) is 30.4 Å². The normalized spacial score (nSPS) is 19.1. The van der Waals surface area contributed by atoms with E-state index in [1.54, 1.807) is 12.1 Å². The lowest BCUT2D eigenvalue weighted by Crippen LogP contribution is -2.25. The second-order valence-corrected chi connectivity index (χ2v) is 7.78. The number of anilines is 1. The number of nitrogens with zero attached hydrogens (tertiary/aromatic N) is 2. The molecule has 0 unspecified atom stereocenters. The number of aryl methyl sites for hydroxylation is 1. The van der Waals surface area contributed by atoms with Crippen molar-refractivity contribution in [1.29, 1.82) is 0 Å². The largest absolute Gasteiger partial charge is 0.586 e. The average Bonchev–Trinajstić information content (AvgIpc) is 3.40. The number of ether oxygens (including phenoxy) is 3. The molecule has 2 aliphatic heterocycles. The van der Waals surface area contributed by atoms with E-state index in [9.17, 15) is 8.78 Å². The van der Waals surface area contributed by atoms with E-state index >= 15 is 0 Å². The summed E-state index contributed by atoms with van der Waals surface area (Å²) in [6.07, 6.45) is -0.241. The number of aromatic nitrogens is 2. The Morgan fingerprint density at radius 1 is 1.10 bits per heavy atom. The van der Waals surface area contributed by atoms with Crippen LogP contribution in [0.5, 0.6) is 17.2 Å². The molecule has 1 aromatic heterocycles. The first-order chi connectivity index (χ1) is 14.1. The van der Waals surface area contributed by atoms with Gasteiger partial charge in [0.25, 0.3) is 0 Å². The molecule has 0 amide bonds. The van der Waals surface area contributed by atoms with E-state index in [2.05, 4.69) is 19.4 Å². The minimum atomic E-state index is -3.63. The van der Waals surface area contributed by atoms with Crippen molar-refractivity contribution in [2.75, 3.05) is 18.5 Å². The maximum absolute atomic E-state index is 13.4. The predicted molar refractivity (Wildman–Crippen MR) is 103 cm³/mol. The Labute approximate surface area is 165 Å². The van der Waals surface area contributed by atoms with Gasteiger partial charge in [-0.25, -0.2) is 4.98 Å². The number of imidazole rings is 1. The van der Waals surface area contributed by atoms with Gasteiger partial charge in [-0.15, -0.1) is 8.78 Å². The van der Waals surface area contributed by atoms with Crippen LogP contribution in [0.2, 0.25) is 0 Å². The molecular weight excluding hydrogens is 380 g/mol. The summed E-state index contributed by atoms with van der Waals surface area (Å²) in [6, 6.07) is 8.83. The Hall–Kier alpha value is -3.03. The summed E-state index contributed by atoms with van der Waals surface area (Å²) in [6.45, 7) is 2.31. The van der Waals surface area contributed by atoms with E-state index < -0.39 is 6.29 Å². The number of hydrogen-bond acceptors (Lipinski definition) is 5. The molecule has 1 aliphatic carbocycles. The highest BCUT2D eigenvalue weighted by Gasteiger charge is 2.43. The molecule has 0 radical (unpaired) electrons. The highest BCUT2D eigenvalue weighted by Crippen LogP contribution is 2.44. The molecule has 3 aliphatic rings. The fourth-order valence-corrected chi connectivity index (χ4v) is 3.96. The standard InChI is InChI=1S/C21H19F2N3O3/c22-21(23)28-16-5-4-13(8-17(16)29-21)20-25-15-9-14(24-11-12-2-3-12)10-18-19(15)26(20)6-1-7-27-18/h4-5,8-10,12,24H,1-3,6-7,11H2. The Morgan fingerprint density at radius 2 is 1.97 bits per heavy atom. The van der Waals surface area contributed by atoms with Gasteiger partial charge in [-0.05, 0) is 49.4 Å². The summed E-state index contributed by atoms with van der Waals surface area (Å²) in [5.74, 6) is 2.30. The monoisotopic (exact) mass is 399 g/mol. The summed E-state index contributed by atoms with van der Waals surface area (Å²) in [5.41, 5.74) is 3.43. The molecule has 1 N–H and O–H groups in total. The van der Waals surface area contributed by atoms with Gasteiger partial charge in [-0.1, -0.05) is 0 Å². The molecule has 3 aromatic rings. The number of alkyl halides is 2. The Bertz CT molecular complexity index is 1120. The number of benzene rings is 2. The van der Waals surface area contributed by atoms with E-state index in [0.717, 1.165) is 47.9 Å². The molecule has 6 nitrogen and oxygen atoms in total. The van der Waals surface area contributed by atoms with Crippen LogP contribution in [0.15, 0.2) is 30.3 Å². The lowest BCUT2D eigenvalue weighted by atomic mass is 10.2. The van der Waals surface area contributed by atoms with Gasteiger partial charge in [-0.3, -0.25) is 0 Å². The smallest absolute Gasteiger partial charge is 0.491 e. The molecule has 1 fully saturated rings. The van der Waals surface area contributed by atoms with Crippen LogP contribution in [-0.4, -0.2) is 29.0 Å². The minimum Gasteiger partial charge on any atom is -0.491 e. The molecule has 150 valence electrons. The lowest BCUT2D eigenvalue weighted by Gasteiger charge is -2.10. The molecule has 2 aromatic carbocycles. The molecule has 0 saturated heterocycles. The van der Waals surface area contributed by atoms with E-state index in [1.807, 2.05) is 12.1 Å². The molecular formula is C21H19F2N3O3. The quantitative estimate of drug-likeness (QED) is 0.693. The Kier molecular flexibility index (Phi) is 3.48. The van der Waals surface area contributed by atoms with Gasteiger partial charge in [0.1, 0.15) is 17.1 Å². The second-order valence-electron chi connectivity index (χ2n) is 7.78. The van der Waals surface area contributed by atoms with Gasteiger partial charge in [0.05, 0.1) is 12.1 Å². The third-order valence-electron chi connectivity index (χ3n) is 5.54. The molecule has 0 spiro atoms. The lowest BCUT2D eigenvalue weighted by molar-refractivity contribution is -0.286.